The summed E-state index contributed by atoms with van der Waals surface area (Å²) >= 11 is 0. The Morgan fingerprint density at radius 2 is 2.18 bits per heavy atom. The van der Waals surface area contributed by atoms with Crippen LogP contribution in [-0.4, -0.2) is 15.7 Å². The van der Waals surface area contributed by atoms with E-state index in [1.165, 1.54) is 7.05 Å². The van der Waals surface area contributed by atoms with Gasteiger partial charge in [0, 0.05) is 19.2 Å². The van der Waals surface area contributed by atoms with Crippen molar-refractivity contribution in [3.63, 3.8) is 0 Å². The van der Waals surface area contributed by atoms with Gasteiger partial charge in [-0.2, -0.15) is 18.3 Å². The number of nitrogens with zero attached hydrogens (tertiary/aromatic N) is 2. The first kappa shape index (κ1) is 13.5. The van der Waals surface area contributed by atoms with Gasteiger partial charge in [-0.15, -0.1) is 0 Å². The molecular formula is C10H14F3N3O. The van der Waals surface area contributed by atoms with Gasteiger partial charge in [0.1, 0.15) is 0 Å². The van der Waals surface area contributed by atoms with Crippen molar-refractivity contribution in [2.45, 2.75) is 26.4 Å². The topological polar surface area (TPSA) is 46.9 Å². The maximum Gasteiger partial charge on any atom is 0.437 e. The van der Waals surface area contributed by atoms with Crippen LogP contribution in [0.1, 0.15) is 26.0 Å². The molecule has 1 atom stereocenters. The number of aromatic nitrogens is 2. The average Bonchev–Trinajstić information content (AvgIpc) is 2.57. The molecule has 0 radical (unpaired) electrons. The lowest BCUT2D eigenvalue weighted by Gasteiger charge is -2.10. The van der Waals surface area contributed by atoms with Crippen LogP contribution in [0, 0.1) is 5.92 Å². The van der Waals surface area contributed by atoms with Crippen LogP contribution in [0.5, 0.6) is 0 Å². The Bertz CT molecular complexity index is 411. The van der Waals surface area contributed by atoms with E-state index in [4.69, 9.17) is 0 Å². The van der Waals surface area contributed by atoms with Gasteiger partial charge in [0.15, 0.2) is 5.69 Å². The third-order valence-electron chi connectivity index (χ3n) is 2.42. The number of hydrogen-bond donors (Lipinski definition) is 1. The number of carbonyl (C=O) groups is 1. The molecule has 4 nitrogen and oxygen atoms in total. The second kappa shape index (κ2) is 4.77. The summed E-state index contributed by atoms with van der Waals surface area (Å²) in [5, 5.41) is 5.54. The quantitative estimate of drug-likeness (QED) is 0.894. The number of hydrogen-bond acceptors (Lipinski definition) is 2. The molecule has 0 aliphatic rings. The minimum Gasteiger partial charge on any atom is -0.323 e. The van der Waals surface area contributed by atoms with E-state index in [1.54, 1.807) is 13.8 Å². The molecule has 0 saturated carbocycles. The Hall–Kier alpha value is -1.53. The number of rotatable bonds is 3. The first-order valence-electron chi connectivity index (χ1n) is 5.17. The molecule has 0 aromatic carbocycles. The summed E-state index contributed by atoms with van der Waals surface area (Å²) < 4.78 is 38.7. The highest BCUT2D eigenvalue weighted by molar-refractivity contribution is 5.92. The summed E-state index contributed by atoms with van der Waals surface area (Å²) in [5.74, 6) is -0.776. The maximum absolute atomic E-state index is 12.6. The van der Waals surface area contributed by atoms with E-state index in [1.807, 2.05) is 0 Å². The second-order valence-electron chi connectivity index (χ2n) is 3.86. The standard InChI is InChI=1S/C10H14F3N3O/c1-4-6(2)9(17)14-7-5-16(3)15-8(7)10(11,12)13/h5-6H,4H2,1-3H3,(H,14,17). The highest BCUT2D eigenvalue weighted by Crippen LogP contribution is 2.33. The molecule has 0 fully saturated rings. The van der Waals surface area contributed by atoms with Crippen molar-refractivity contribution in [2.75, 3.05) is 5.32 Å². The molecule has 1 aromatic heterocycles. The monoisotopic (exact) mass is 249 g/mol. The fourth-order valence-electron chi connectivity index (χ4n) is 1.23. The van der Waals surface area contributed by atoms with Crippen LogP contribution < -0.4 is 5.32 Å². The Morgan fingerprint density at radius 1 is 1.59 bits per heavy atom. The lowest BCUT2D eigenvalue weighted by Crippen LogP contribution is -2.21. The van der Waals surface area contributed by atoms with Crippen LogP contribution in [0.3, 0.4) is 0 Å². The smallest absolute Gasteiger partial charge is 0.323 e. The van der Waals surface area contributed by atoms with Crippen LogP contribution in [0.25, 0.3) is 0 Å². The van der Waals surface area contributed by atoms with Crippen LogP contribution >= 0.6 is 0 Å². The highest BCUT2D eigenvalue weighted by Gasteiger charge is 2.37. The van der Waals surface area contributed by atoms with E-state index in [2.05, 4.69) is 10.4 Å². The minimum absolute atomic E-state index is 0.301. The van der Waals surface area contributed by atoms with E-state index < -0.39 is 17.8 Å². The summed E-state index contributed by atoms with van der Waals surface area (Å²) in [6.07, 6.45) is -2.87. The molecule has 1 N–H and O–H groups in total. The minimum atomic E-state index is -4.57. The molecule has 96 valence electrons. The predicted octanol–water partition coefficient (Wildman–Crippen LogP) is 2.42. The Kier molecular flexibility index (Phi) is 3.79. The fraction of sp³-hybridized carbons (Fsp3) is 0.600. The molecule has 1 amide bonds. The molecule has 0 spiro atoms. The highest BCUT2D eigenvalue weighted by atomic mass is 19.4. The molecule has 1 aromatic rings. The van der Waals surface area contributed by atoms with Crippen LogP contribution in [0.4, 0.5) is 18.9 Å². The number of alkyl halides is 3. The average molecular weight is 249 g/mol. The Labute approximate surface area is 96.8 Å². The van der Waals surface area contributed by atoms with Gasteiger partial charge in [0.2, 0.25) is 5.91 Å². The van der Waals surface area contributed by atoms with E-state index in [9.17, 15) is 18.0 Å². The van der Waals surface area contributed by atoms with E-state index in [0.717, 1.165) is 10.9 Å². The van der Waals surface area contributed by atoms with Gasteiger partial charge in [0.25, 0.3) is 0 Å². The van der Waals surface area contributed by atoms with Crippen LogP contribution in [-0.2, 0) is 18.0 Å². The van der Waals surface area contributed by atoms with Gasteiger partial charge in [-0.05, 0) is 6.42 Å². The van der Waals surface area contributed by atoms with Gasteiger partial charge in [-0.1, -0.05) is 13.8 Å². The van der Waals surface area contributed by atoms with E-state index in [0.29, 0.717) is 6.42 Å². The fourth-order valence-corrected chi connectivity index (χ4v) is 1.23. The lowest BCUT2D eigenvalue weighted by atomic mass is 10.1. The largest absolute Gasteiger partial charge is 0.437 e. The van der Waals surface area contributed by atoms with Crippen molar-refractivity contribution < 1.29 is 18.0 Å². The summed E-state index contributed by atoms with van der Waals surface area (Å²) in [5.41, 5.74) is -1.37. The van der Waals surface area contributed by atoms with Crippen molar-refractivity contribution in [1.82, 2.24) is 9.78 Å². The van der Waals surface area contributed by atoms with Gasteiger partial charge in [-0.3, -0.25) is 9.48 Å². The molecule has 0 bridgehead atoms. The number of nitrogens with one attached hydrogen (secondary N) is 1. The van der Waals surface area contributed by atoms with Crippen molar-refractivity contribution in [1.29, 1.82) is 0 Å². The van der Waals surface area contributed by atoms with Crippen molar-refractivity contribution in [3.05, 3.63) is 11.9 Å². The van der Waals surface area contributed by atoms with E-state index in [-0.39, 0.29) is 11.6 Å². The molecule has 0 aliphatic carbocycles. The van der Waals surface area contributed by atoms with Crippen molar-refractivity contribution in [2.24, 2.45) is 13.0 Å². The number of amides is 1. The molecule has 0 aliphatic heterocycles. The summed E-state index contributed by atoms with van der Waals surface area (Å²) in [6.45, 7) is 3.44. The molecule has 1 rings (SSSR count). The summed E-state index contributed by atoms with van der Waals surface area (Å²) in [6, 6.07) is 0. The zero-order valence-corrected chi connectivity index (χ0v) is 9.80. The molecule has 1 heterocycles. The Morgan fingerprint density at radius 3 is 2.65 bits per heavy atom. The molecule has 0 saturated heterocycles. The molecular weight excluding hydrogens is 235 g/mol. The summed E-state index contributed by atoms with van der Waals surface area (Å²) in [7, 11) is 1.37. The first-order valence-corrected chi connectivity index (χ1v) is 5.17. The van der Waals surface area contributed by atoms with Crippen LogP contribution in [0.15, 0.2) is 6.20 Å². The molecule has 17 heavy (non-hydrogen) atoms. The third kappa shape index (κ3) is 3.21. The SMILES string of the molecule is CCC(C)C(=O)Nc1cn(C)nc1C(F)(F)F. The maximum atomic E-state index is 12.6. The predicted molar refractivity (Wildman–Crippen MR) is 56.3 cm³/mol. The van der Waals surface area contributed by atoms with Crippen molar-refractivity contribution in [3.8, 4) is 0 Å². The Balaban J connectivity index is 2.95. The number of halogens is 3. The normalized spacial score (nSPS) is 13.5. The second-order valence-corrected chi connectivity index (χ2v) is 3.86. The lowest BCUT2D eigenvalue weighted by molar-refractivity contribution is -0.140. The zero-order chi connectivity index (χ0) is 13.2. The van der Waals surface area contributed by atoms with E-state index >= 15 is 0 Å². The zero-order valence-electron chi connectivity index (χ0n) is 9.80. The van der Waals surface area contributed by atoms with Gasteiger partial charge >= 0.3 is 6.18 Å². The van der Waals surface area contributed by atoms with Gasteiger partial charge in [-0.25, -0.2) is 0 Å². The number of anilines is 1. The van der Waals surface area contributed by atoms with Gasteiger partial charge in [0.05, 0.1) is 5.69 Å². The van der Waals surface area contributed by atoms with Gasteiger partial charge < -0.3 is 5.32 Å². The number of aryl methyl sites for hydroxylation is 1. The molecule has 7 heteroatoms. The summed E-state index contributed by atoms with van der Waals surface area (Å²) in [4.78, 5) is 11.5. The first-order chi connectivity index (χ1) is 7.75. The molecule has 1 unspecified atom stereocenters. The number of carbonyl (C=O) groups excluding carboxylic acids is 1. The third-order valence-corrected chi connectivity index (χ3v) is 2.42. The van der Waals surface area contributed by atoms with Crippen LogP contribution in [0.2, 0.25) is 0 Å². The van der Waals surface area contributed by atoms with Crippen molar-refractivity contribution >= 4 is 11.6 Å².